The Kier molecular flexibility index (Phi) is 4.39. The molecule has 0 radical (unpaired) electrons. The fourth-order valence-corrected chi connectivity index (χ4v) is 4.16. The second kappa shape index (κ2) is 6.29. The maximum Gasteiger partial charge on any atom is 0.254 e. The van der Waals surface area contributed by atoms with Crippen LogP contribution in [0.15, 0.2) is 24.3 Å². The highest BCUT2D eigenvalue weighted by Gasteiger charge is 2.50. The lowest BCUT2D eigenvalue weighted by atomic mass is 9.82. The van der Waals surface area contributed by atoms with Crippen LogP contribution in [0.4, 0.5) is 0 Å². The molecule has 1 aromatic rings. The van der Waals surface area contributed by atoms with Gasteiger partial charge in [-0.05, 0) is 43.9 Å². The Bertz CT molecular complexity index is 545. The van der Waals surface area contributed by atoms with Gasteiger partial charge in [-0.1, -0.05) is 12.5 Å². The molecule has 1 heterocycles. The quantitative estimate of drug-likeness (QED) is 0.839. The molecule has 0 aromatic heterocycles. The van der Waals surface area contributed by atoms with Gasteiger partial charge in [-0.25, -0.2) is 0 Å². The minimum Gasteiger partial charge on any atom is -0.494 e. The monoisotopic (exact) mass is 303 g/mol. The SMILES string of the molecule is CCOc1cccc(C(=O)N2C[C@@H]3CCC[C@]3(COC)C2)c1. The Labute approximate surface area is 132 Å². The molecule has 4 heteroatoms. The number of carbonyl (C=O) groups is 1. The summed E-state index contributed by atoms with van der Waals surface area (Å²) in [6, 6.07) is 7.51. The van der Waals surface area contributed by atoms with Crippen molar-refractivity contribution in [2.75, 3.05) is 33.4 Å². The summed E-state index contributed by atoms with van der Waals surface area (Å²) in [4.78, 5) is 14.8. The zero-order chi connectivity index (χ0) is 15.6. The number of ether oxygens (including phenoxy) is 2. The number of likely N-dealkylation sites (tertiary alicyclic amines) is 1. The van der Waals surface area contributed by atoms with E-state index in [4.69, 9.17) is 9.47 Å². The highest BCUT2D eigenvalue weighted by Crippen LogP contribution is 2.49. The first-order valence-electron chi connectivity index (χ1n) is 8.19. The van der Waals surface area contributed by atoms with Crippen LogP contribution in [0.3, 0.4) is 0 Å². The van der Waals surface area contributed by atoms with Crippen molar-refractivity contribution >= 4 is 5.91 Å². The predicted octanol–water partition coefficient (Wildman–Crippen LogP) is 2.97. The van der Waals surface area contributed by atoms with Crippen molar-refractivity contribution < 1.29 is 14.3 Å². The van der Waals surface area contributed by atoms with Crippen LogP contribution in [0, 0.1) is 11.3 Å². The second-order valence-corrected chi connectivity index (χ2v) is 6.53. The topological polar surface area (TPSA) is 38.8 Å². The first-order chi connectivity index (χ1) is 10.7. The van der Waals surface area contributed by atoms with Crippen LogP contribution >= 0.6 is 0 Å². The van der Waals surface area contributed by atoms with Crippen molar-refractivity contribution in [3.8, 4) is 5.75 Å². The molecule has 2 aliphatic rings. The van der Waals surface area contributed by atoms with Gasteiger partial charge >= 0.3 is 0 Å². The van der Waals surface area contributed by atoms with Gasteiger partial charge in [0.1, 0.15) is 5.75 Å². The molecule has 0 spiro atoms. The van der Waals surface area contributed by atoms with Crippen LogP contribution in [0.1, 0.15) is 36.5 Å². The number of hydrogen-bond acceptors (Lipinski definition) is 3. The first kappa shape index (κ1) is 15.3. The highest BCUT2D eigenvalue weighted by molar-refractivity contribution is 5.94. The third kappa shape index (κ3) is 2.72. The van der Waals surface area contributed by atoms with E-state index in [1.54, 1.807) is 7.11 Å². The molecular weight excluding hydrogens is 278 g/mol. The van der Waals surface area contributed by atoms with E-state index >= 15 is 0 Å². The maximum atomic E-state index is 12.8. The van der Waals surface area contributed by atoms with Gasteiger partial charge in [-0.15, -0.1) is 0 Å². The molecule has 2 fully saturated rings. The lowest BCUT2D eigenvalue weighted by Crippen LogP contribution is -2.34. The standard InChI is InChI=1S/C18H25NO3/c1-3-22-16-8-4-6-14(10-16)17(20)19-11-15-7-5-9-18(15,12-19)13-21-2/h4,6,8,10,15H,3,5,7,9,11-13H2,1-2H3/t15-,18+/m0/s1. The van der Waals surface area contributed by atoms with E-state index in [1.807, 2.05) is 36.1 Å². The van der Waals surface area contributed by atoms with Crippen LogP contribution in [0.25, 0.3) is 0 Å². The average molecular weight is 303 g/mol. The second-order valence-electron chi connectivity index (χ2n) is 6.53. The summed E-state index contributed by atoms with van der Waals surface area (Å²) in [7, 11) is 1.76. The summed E-state index contributed by atoms with van der Waals surface area (Å²) in [6.07, 6.45) is 3.65. The molecule has 1 aliphatic carbocycles. The first-order valence-corrected chi connectivity index (χ1v) is 8.19. The molecule has 1 aliphatic heterocycles. The number of nitrogens with zero attached hydrogens (tertiary/aromatic N) is 1. The molecule has 0 bridgehead atoms. The number of hydrogen-bond donors (Lipinski definition) is 0. The molecule has 2 atom stereocenters. The van der Waals surface area contributed by atoms with Gasteiger partial charge in [0.05, 0.1) is 13.2 Å². The summed E-state index contributed by atoms with van der Waals surface area (Å²) < 4.78 is 11.0. The molecule has 3 rings (SSSR count). The number of benzene rings is 1. The molecule has 1 saturated carbocycles. The summed E-state index contributed by atoms with van der Waals surface area (Å²) >= 11 is 0. The van der Waals surface area contributed by atoms with Gasteiger partial charge in [0.2, 0.25) is 0 Å². The van der Waals surface area contributed by atoms with Gasteiger partial charge in [0, 0.05) is 31.2 Å². The maximum absolute atomic E-state index is 12.8. The minimum absolute atomic E-state index is 0.117. The molecule has 120 valence electrons. The summed E-state index contributed by atoms with van der Waals surface area (Å²) in [5.41, 5.74) is 0.903. The molecule has 1 amide bonds. The van der Waals surface area contributed by atoms with E-state index in [9.17, 15) is 4.79 Å². The van der Waals surface area contributed by atoms with Crippen LogP contribution in [-0.2, 0) is 4.74 Å². The predicted molar refractivity (Wildman–Crippen MR) is 85.2 cm³/mol. The molecule has 0 unspecified atom stereocenters. The largest absolute Gasteiger partial charge is 0.494 e. The van der Waals surface area contributed by atoms with E-state index in [1.165, 1.54) is 19.3 Å². The zero-order valence-electron chi connectivity index (χ0n) is 13.5. The van der Waals surface area contributed by atoms with Crippen molar-refractivity contribution in [2.45, 2.75) is 26.2 Å². The number of amides is 1. The van der Waals surface area contributed by atoms with Crippen molar-refractivity contribution in [1.29, 1.82) is 0 Å². The van der Waals surface area contributed by atoms with Gasteiger partial charge in [-0.3, -0.25) is 4.79 Å². The number of fused-ring (bicyclic) bond motifs is 1. The van der Waals surface area contributed by atoms with Crippen LogP contribution < -0.4 is 4.74 Å². The summed E-state index contributed by atoms with van der Waals surface area (Å²) in [5.74, 6) is 1.47. The molecular formula is C18H25NO3. The van der Waals surface area contributed by atoms with Crippen LogP contribution in [0.2, 0.25) is 0 Å². The minimum atomic E-state index is 0.117. The number of rotatable bonds is 5. The fourth-order valence-electron chi connectivity index (χ4n) is 4.16. The number of methoxy groups -OCH3 is 1. The molecule has 0 N–H and O–H groups in total. The van der Waals surface area contributed by atoms with Crippen molar-refractivity contribution in [1.82, 2.24) is 4.90 Å². The van der Waals surface area contributed by atoms with Gasteiger partial charge in [0.15, 0.2) is 0 Å². The third-order valence-corrected chi connectivity index (χ3v) is 5.15. The normalized spacial score (nSPS) is 27.0. The fraction of sp³-hybridized carbons (Fsp3) is 0.611. The van der Waals surface area contributed by atoms with E-state index in [0.717, 1.165) is 31.0 Å². The van der Waals surface area contributed by atoms with Crippen molar-refractivity contribution in [3.63, 3.8) is 0 Å². The Morgan fingerprint density at radius 2 is 2.32 bits per heavy atom. The van der Waals surface area contributed by atoms with E-state index in [-0.39, 0.29) is 11.3 Å². The summed E-state index contributed by atoms with van der Waals surface area (Å²) in [6.45, 7) is 5.01. The van der Waals surface area contributed by atoms with E-state index in [2.05, 4.69) is 0 Å². The van der Waals surface area contributed by atoms with Crippen molar-refractivity contribution in [3.05, 3.63) is 29.8 Å². The molecule has 1 saturated heterocycles. The average Bonchev–Trinajstić information content (AvgIpc) is 3.04. The smallest absolute Gasteiger partial charge is 0.254 e. The van der Waals surface area contributed by atoms with Crippen LogP contribution in [0.5, 0.6) is 5.75 Å². The molecule has 4 nitrogen and oxygen atoms in total. The molecule has 22 heavy (non-hydrogen) atoms. The van der Waals surface area contributed by atoms with Gasteiger partial charge < -0.3 is 14.4 Å². The number of carbonyl (C=O) groups excluding carboxylic acids is 1. The van der Waals surface area contributed by atoms with E-state index < -0.39 is 0 Å². The Morgan fingerprint density at radius 1 is 1.45 bits per heavy atom. The van der Waals surface area contributed by atoms with Crippen LogP contribution in [-0.4, -0.2) is 44.2 Å². The highest BCUT2D eigenvalue weighted by atomic mass is 16.5. The third-order valence-electron chi connectivity index (χ3n) is 5.15. The lowest BCUT2D eigenvalue weighted by Gasteiger charge is -2.27. The zero-order valence-corrected chi connectivity index (χ0v) is 13.5. The Hall–Kier alpha value is -1.55. The Morgan fingerprint density at radius 3 is 3.09 bits per heavy atom. The van der Waals surface area contributed by atoms with Gasteiger partial charge in [0.25, 0.3) is 5.91 Å². The Balaban J connectivity index is 1.75. The van der Waals surface area contributed by atoms with Crippen molar-refractivity contribution in [2.24, 2.45) is 11.3 Å². The molecule has 1 aromatic carbocycles. The van der Waals surface area contributed by atoms with E-state index in [0.29, 0.717) is 12.5 Å². The summed E-state index contributed by atoms with van der Waals surface area (Å²) in [5, 5.41) is 0. The lowest BCUT2D eigenvalue weighted by molar-refractivity contribution is 0.0625. The van der Waals surface area contributed by atoms with Gasteiger partial charge in [-0.2, -0.15) is 0 Å².